The van der Waals surface area contributed by atoms with Crippen LogP contribution in [0.2, 0.25) is 0 Å². The Kier molecular flexibility index (Phi) is 3.96. The van der Waals surface area contributed by atoms with Crippen LogP contribution in [-0.2, 0) is 0 Å². The van der Waals surface area contributed by atoms with Crippen LogP contribution in [0.25, 0.3) is 0 Å². The molecule has 6 nitrogen and oxygen atoms in total. The molecule has 0 bridgehead atoms. The molecule has 100 valence electrons. The van der Waals surface area contributed by atoms with Crippen molar-refractivity contribution in [2.24, 2.45) is 5.10 Å². The van der Waals surface area contributed by atoms with Gasteiger partial charge in [0.2, 0.25) is 4.77 Å². The van der Waals surface area contributed by atoms with Crippen molar-refractivity contribution in [3.63, 3.8) is 0 Å². The van der Waals surface area contributed by atoms with Gasteiger partial charge >= 0.3 is 0 Å². The molecule has 0 radical (unpaired) electrons. The van der Waals surface area contributed by atoms with Crippen molar-refractivity contribution in [3.8, 4) is 11.5 Å². The molecule has 19 heavy (non-hydrogen) atoms. The third kappa shape index (κ3) is 2.82. The molecule has 2 aromatic rings. The number of methoxy groups -OCH3 is 2. The van der Waals surface area contributed by atoms with E-state index in [1.807, 2.05) is 25.1 Å². The highest BCUT2D eigenvalue weighted by Crippen LogP contribution is 2.22. The minimum absolute atomic E-state index is 0.440. The third-order valence-corrected chi connectivity index (χ3v) is 2.83. The summed E-state index contributed by atoms with van der Waals surface area (Å²) in [7, 11) is 3.22. The van der Waals surface area contributed by atoms with Gasteiger partial charge in [-0.2, -0.15) is 14.9 Å². The average molecular weight is 278 g/mol. The lowest BCUT2D eigenvalue weighted by molar-refractivity contribution is 0.402. The normalized spacial score (nSPS) is 10.9. The Bertz CT molecular complexity index is 660. The van der Waals surface area contributed by atoms with Crippen LogP contribution >= 0.6 is 12.2 Å². The van der Waals surface area contributed by atoms with Crippen molar-refractivity contribution in [1.82, 2.24) is 14.9 Å². The fourth-order valence-corrected chi connectivity index (χ4v) is 1.79. The summed E-state index contributed by atoms with van der Waals surface area (Å²) in [6.45, 7) is 1.81. The van der Waals surface area contributed by atoms with E-state index in [1.165, 1.54) is 4.68 Å². The Morgan fingerprint density at radius 2 is 2.16 bits per heavy atom. The van der Waals surface area contributed by atoms with Crippen molar-refractivity contribution >= 4 is 18.4 Å². The molecule has 0 amide bonds. The van der Waals surface area contributed by atoms with Crippen LogP contribution in [0.4, 0.5) is 0 Å². The smallest absolute Gasteiger partial charge is 0.216 e. The largest absolute Gasteiger partial charge is 0.497 e. The standard InChI is InChI=1S/C12H14N4O2S/c1-8-14-15-12(19)16(8)13-7-9-6-10(17-2)4-5-11(9)18-3/h4-7H,1-3H3,(H,15,19)/b13-7+. The van der Waals surface area contributed by atoms with Crippen LogP contribution in [0.5, 0.6) is 11.5 Å². The lowest BCUT2D eigenvalue weighted by Gasteiger charge is -2.06. The highest BCUT2D eigenvalue weighted by Gasteiger charge is 2.03. The van der Waals surface area contributed by atoms with Gasteiger partial charge in [-0.1, -0.05) is 0 Å². The van der Waals surface area contributed by atoms with E-state index < -0.39 is 0 Å². The van der Waals surface area contributed by atoms with Crippen LogP contribution in [-0.4, -0.2) is 35.3 Å². The van der Waals surface area contributed by atoms with Crippen molar-refractivity contribution in [3.05, 3.63) is 34.4 Å². The van der Waals surface area contributed by atoms with Crippen molar-refractivity contribution in [2.75, 3.05) is 14.2 Å². The number of benzene rings is 1. The van der Waals surface area contributed by atoms with Gasteiger partial charge < -0.3 is 9.47 Å². The van der Waals surface area contributed by atoms with Crippen molar-refractivity contribution in [1.29, 1.82) is 0 Å². The molecule has 0 fully saturated rings. The first-order valence-corrected chi connectivity index (χ1v) is 5.97. The van der Waals surface area contributed by atoms with Gasteiger partial charge in [0.25, 0.3) is 0 Å². The molecule has 2 rings (SSSR count). The highest BCUT2D eigenvalue weighted by atomic mass is 32.1. The van der Waals surface area contributed by atoms with Crippen molar-refractivity contribution < 1.29 is 9.47 Å². The maximum atomic E-state index is 5.27. The molecular weight excluding hydrogens is 264 g/mol. The fourth-order valence-electron chi connectivity index (χ4n) is 1.57. The number of nitrogens with zero attached hydrogens (tertiary/aromatic N) is 3. The number of aromatic amines is 1. The lowest BCUT2D eigenvalue weighted by Crippen LogP contribution is -1.96. The second kappa shape index (κ2) is 5.66. The van der Waals surface area contributed by atoms with Crippen LogP contribution in [0.3, 0.4) is 0 Å². The first-order chi connectivity index (χ1) is 9.15. The fraction of sp³-hybridized carbons (Fsp3) is 0.250. The zero-order valence-corrected chi connectivity index (χ0v) is 11.7. The van der Waals surface area contributed by atoms with E-state index in [0.29, 0.717) is 16.3 Å². The number of hydrogen-bond acceptors (Lipinski definition) is 5. The van der Waals surface area contributed by atoms with E-state index in [1.54, 1.807) is 20.4 Å². The van der Waals surface area contributed by atoms with E-state index in [-0.39, 0.29) is 0 Å². The third-order valence-electron chi connectivity index (χ3n) is 2.56. The van der Waals surface area contributed by atoms with Crippen LogP contribution in [0.15, 0.2) is 23.3 Å². The molecule has 0 saturated heterocycles. The summed E-state index contributed by atoms with van der Waals surface area (Å²) in [4.78, 5) is 0. The van der Waals surface area contributed by atoms with E-state index in [4.69, 9.17) is 21.7 Å². The predicted octanol–water partition coefficient (Wildman–Crippen LogP) is 2.15. The van der Waals surface area contributed by atoms with Gasteiger partial charge in [0.1, 0.15) is 17.3 Å². The monoisotopic (exact) mass is 278 g/mol. The molecule has 0 unspecified atom stereocenters. The number of aromatic nitrogens is 3. The molecule has 1 N–H and O–H groups in total. The Balaban J connectivity index is 2.39. The van der Waals surface area contributed by atoms with E-state index in [0.717, 1.165) is 11.3 Å². The van der Waals surface area contributed by atoms with Gasteiger partial charge in [0.05, 0.1) is 20.4 Å². The minimum Gasteiger partial charge on any atom is -0.497 e. The van der Waals surface area contributed by atoms with Crippen LogP contribution < -0.4 is 9.47 Å². The quantitative estimate of drug-likeness (QED) is 0.687. The second-order valence-corrected chi connectivity index (χ2v) is 4.13. The van der Waals surface area contributed by atoms with Gasteiger partial charge in [-0.25, -0.2) is 0 Å². The Morgan fingerprint density at radius 3 is 2.74 bits per heavy atom. The molecule has 0 aliphatic carbocycles. The summed E-state index contributed by atoms with van der Waals surface area (Å²) in [6.07, 6.45) is 1.65. The molecular formula is C12H14N4O2S. The summed E-state index contributed by atoms with van der Waals surface area (Å²) < 4.78 is 12.4. The molecule has 1 aromatic carbocycles. The zero-order chi connectivity index (χ0) is 13.8. The first kappa shape index (κ1) is 13.3. The van der Waals surface area contributed by atoms with Gasteiger partial charge in [-0.05, 0) is 37.3 Å². The second-order valence-electron chi connectivity index (χ2n) is 3.74. The molecule has 1 heterocycles. The van der Waals surface area contributed by atoms with Gasteiger partial charge in [0, 0.05) is 5.56 Å². The zero-order valence-electron chi connectivity index (χ0n) is 10.9. The minimum atomic E-state index is 0.440. The van der Waals surface area contributed by atoms with Crippen LogP contribution in [0, 0.1) is 11.7 Å². The van der Waals surface area contributed by atoms with Gasteiger partial charge in [0.15, 0.2) is 0 Å². The lowest BCUT2D eigenvalue weighted by atomic mass is 10.2. The molecule has 0 aliphatic heterocycles. The number of H-pyrrole nitrogens is 1. The number of rotatable bonds is 4. The Labute approximate surface area is 115 Å². The Hall–Kier alpha value is -2.15. The molecule has 0 saturated carbocycles. The summed E-state index contributed by atoms with van der Waals surface area (Å²) in [5.74, 6) is 2.12. The summed E-state index contributed by atoms with van der Waals surface area (Å²) >= 11 is 5.07. The molecule has 0 aliphatic rings. The maximum absolute atomic E-state index is 5.27. The maximum Gasteiger partial charge on any atom is 0.216 e. The predicted molar refractivity (Wildman–Crippen MR) is 74.7 cm³/mol. The van der Waals surface area contributed by atoms with Crippen LogP contribution in [0.1, 0.15) is 11.4 Å². The highest BCUT2D eigenvalue weighted by molar-refractivity contribution is 7.71. The summed E-state index contributed by atoms with van der Waals surface area (Å²) in [6, 6.07) is 5.48. The van der Waals surface area contributed by atoms with Gasteiger partial charge in [-0.15, -0.1) is 0 Å². The van der Waals surface area contributed by atoms with Gasteiger partial charge in [-0.3, -0.25) is 5.10 Å². The first-order valence-electron chi connectivity index (χ1n) is 5.56. The van der Waals surface area contributed by atoms with E-state index >= 15 is 0 Å². The van der Waals surface area contributed by atoms with Crippen molar-refractivity contribution in [2.45, 2.75) is 6.92 Å². The summed E-state index contributed by atoms with van der Waals surface area (Å²) in [5.41, 5.74) is 0.796. The molecule has 0 spiro atoms. The van der Waals surface area contributed by atoms with E-state index in [9.17, 15) is 0 Å². The number of nitrogens with one attached hydrogen (secondary N) is 1. The average Bonchev–Trinajstić information content (AvgIpc) is 2.75. The molecule has 7 heteroatoms. The number of hydrogen-bond donors (Lipinski definition) is 1. The number of aryl methyl sites for hydroxylation is 1. The molecule has 0 atom stereocenters. The number of ether oxygens (including phenoxy) is 2. The summed E-state index contributed by atoms with van der Waals surface area (Å²) in [5, 5.41) is 10.9. The van der Waals surface area contributed by atoms with E-state index in [2.05, 4.69) is 15.3 Å². The topological polar surface area (TPSA) is 64.4 Å². The Morgan fingerprint density at radius 1 is 1.37 bits per heavy atom. The molecule has 1 aromatic heterocycles. The SMILES string of the molecule is COc1ccc(OC)c(/C=N/n2c(C)n[nH]c2=S)c1.